The zero-order valence-electron chi connectivity index (χ0n) is 19.4. The Balaban J connectivity index is 0.000000387. The van der Waals surface area contributed by atoms with Crippen LogP contribution in [-0.4, -0.2) is 60.3 Å². The van der Waals surface area contributed by atoms with Crippen LogP contribution in [0.4, 0.5) is 4.79 Å². The fourth-order valence-electron chi connectivity index (χ4n) is 4.06. The van der Waals surface area contributed by atoms with Gasteiger partial charge in [-0.25, -0.2) is 4.79 Å². The topological polar surface area (TPSA) is 97.3 Å². The minimum absolute atomic E-state index is 0.0379. The van der Waals surface area contributed by atoms with Gasteiger partial charge in [-0.2, -0.15) is 0 Å². The van der Waals surface area contributed by atoms with Gasteiger partial charge >= 0.3 is 6.09 Å². The molecule has 1 aromatic carbocycles. The smallest absolute Gasteiger partial charge is 0.414 e. The average molecular weight is 451 g/mol. The van der Waals surface area contributed by atoms with Gasteiger partial charge in [0, 0.05) is 6.54 Å². The van der Waals surface area contributed by atoms with Gasteiger partial charge in [0.25, 0.3) is 0 Å². The molecule has 2 atom stereocenters. The van der Waals surface area contributed by atoms with Crippen molar-refractivity contribution in [2.75, 3.05) is 26.6 Å². The van der Waals surface area contributed by atoms with Gasteiger partial charge in [0.15, 0.2) is 6.23 Å². The largest absolute Gasteiger partial charge is 0.457 e. The number of nitrogens with zero attached hydrogens (tertiary/aromatic N) is 1. The molecule has 3 aliphatic rings. The van der Waals surface area contributed by atoms with Crippen LogP contribution < -0.4 is 10.1 Å². The number of benzene rings is 1. The number of aliphatic hydroxyl groups excluding tert-OH is 1. The number of para-hydroxylation sites is 1. The van der Waals surface area contributed by atoms with Crippen LogP contribution in [0.1, 0.15) is 65.2 Å². The lowest BCUT2D eigenvalue weighted by molar-refractivity contribution is -0.157. The highest BCUT2D eigenvalue weighted by atomic mass is 16.7. The van der Waals surface area contributed by atoms with Crippen LogP contribution in [0.2, 0.25) is 0 Å². The first kappa shape index (κ1) is 25.9. The number of piperidine rings is 1. The monoisotopic (exact) mass is 450 g/mol. The molecule has 2 N–H and O–H groups in total. The highest BCUT2D eigenvalue weighted by Crippen LogP contribution is 2.29. The van der Waals surface area contributed by atoms with E-state index in [1.807, 2.05) is 19.9 Å². The summed E-state index contributed by atoms with van der Waals surface area (Å²) >= 11 is 0. The number of aliphatic hydroxyl groups is 1. The molecular formula is C24H38N2O6. The highest BCUT2D eigenvalue weighted by Gasteiger charge is 2.49. The number of carbonyl (C=O) groups is 2. The Hall–Kier alpha value is -2.32. The summed E-state index contributed by atoms with van der Waals surface area (Å²) in [6.45, 7) is 4.19. The van der Waals surface area contributed by atoms with Gasteiger partial charge in [0.1, 0.15) is 17.9 Å². The molecule has 1 saturated carbocycles. The molecule has 1 spiro atoms. The summed E-state index contributed by atoms with van der Waals surface area (Å²) in [6.07, 6.45) is 8.25. The molecule has 0 aromatic heterocycles. The van der Waals surface area contributed by atoms with Gasteiger partial charge < -0.3 is 24.6 Å². The summed E-state index contributed by atoms with van der Waals surface area (Å²) in [5.74, 6) is 0.275. The third-order valence-corrected chi connectivity index (χ3v) is 5.68. The molecule has 1 aromatic rings. The number of ether oxygens (including phenoxy) is 3. The van der Waals surface area contributed by atoms with Gasteiger partial charge in [-0.15, -0.1) is 0 Å². The summed E-state index contributed by atoms with van der Waals surface area (Å²) in [4.78, 5) is 25.0. The molecule has 2 aliphatic heterocycles. The van der Waals surface area contributed by atoms with Gasteiger partial charge in [0.05, 0.1) is 6.61 Å². The van der Waals surface area contributed by atoms with Crippen LogP contribution in [0.5, 0.6) is 5.75 Å². The quantitative estimate of drug-likeness (QED) is 0.680. The van der Waals surface area contributed by atoms with E-state index in [1.165, 1.54) is 43.4 Å². The van der Waals surface area contributed by atoms with Gasteiger partial charge in [-0.3, -0.25) is 9.69 Å². The third kappa shape index (κ3) is 7.67. The second-order valence-corrected chi connectivity index (χ2v) is 7.97. The average Bonchev–Trinajstić information content (AvgIpc) is 2.84. The number of likely N-dealkylation sites (tertiary alicyclic amines) is 1. The first-order valence-corrected chi connectivity index (χ1v) is 11.8. The zero-order chi connectivity index (χ0) is 23.2. The third-order valence-electron chi connectivity index (χ3n) is 5.68. The predicted octanol–water partition coefficient (Wildman–Crippen LogP) is 3.83. The van der Waals surface area contributed by atoms with Crippen LogP contribution in [0, 0.1) is 0 Å². The molecule has 2 saturated heterocycles. The van der Waals surface area contributed by atoms with E-state index < -0.39 is 17.9 Å². The lowest BCUT2D eigenvalue weighted by atomic mass is 9.87. The fraction of sp³-hybridized carbons (Fsp3) is 0.667. The molecule has 4 rings (SSSR count). The highest BCUT2D eigenvalue weighted by molar-refractivity contribution is 5.79. The molecule has 2 amide bonds. The number of morpholine rings is 1. The molecule has 1 aliphatic carbocycles. The summed E-state index contributed by atoms with van der Waals surface area (Å²) < 4.78 is 15.6. The van der Waals surface area contributed by atoms with Crippen molar-refractivity contribution in [2.24, 2.45) is 0 Å². The minimum atomic E-state index is -1.21. The van der Waals surface area contributed by atoms with Crippen molar-refractivity contribution in [1.82, 2.24) is 10.2 Å². The van der Waals surface area contributed by atoms with E-state index >= 15 is 0 Å². The molecule has 0 bridgehead atoms. The van der Waals surface area contributed by atoms with E-state index in [2.05, 4.69) is 5.32 Å². The summed E-state index contributed by atoms with van der Waals surface area (Å²) in [6, 6.07) is 8.95. The lowest BCUT2D eigenvalue weighted by Gasteiger charge is -2.48. The Morgan fingerprint density at radius 2 is 1.75 bits per heavy atom. The van der Waals surface area contributed by atoms with Crippen molar-refractivity contribution in [2.45, 2.75) is 77.0 Å². The Morgan fingerprint density at radius 3 is 2.34 bits per heavy atom. The minimum Gasteiger partial charge on any atom is -0.457 e. The maximum absolute atomic E-state index is 12.2. The van der Waals surface area contributed by atoms with Crippen molar-refractivity contribution >= 4 is 12.0 Å². The van der Waals surface area contributed by atoms with E-state index in [0.717, 1.165) is 0 Å². The zero-order valence-corrected chi connectivity index (χ0v) is 19.4. The Kier molecular flexibility index (Phi) is 11.3. The van der Waals surface area contributed by atoms with Crippen LogP contribution >= 0.6 is 0 Å². The second kappa shape index (κ2) is 14.0. The first-order chi connectivity index (χ1) is 15.6. The van der Waals surface area contributed by atoms with E-state index in [1.54, 1.807) is 24.3 Å². The second-order valence-electron chi connectivity index (χ2n) is 7.97. The Labute approximate surface area is 191 Å². The number of hydrogen-bond acceptors (Lipinski definition) is 6. The number of rotatable bonds is 3. The van der Waals surface area contributed by atoms with E-state index in [-0.39, 0.29) is 25.9 Å². The number of amides is 2. The molecule has 8 nitrogen and oxygen atoms in total. The Morgan fingerprint density at radius 1 is 1.12 bits per heavy atom. The van der Waals surface area contributed by atoms with Gasteiger partial charge in [0.2, 0.25) is 12.7 Å². The number of hydrogen-bond donors (Lipinski definition) is 2. The molecule has 32 heavy (non-hydrogen) atoms. The molecule has 0 radical (unpaired) electrons. The summed E-state index contributed by atoms with van der Waals surface area (Å²) in [5, 5.41) is 13.3. The van der Waals surface area contributed by atoms with Crippen molar-refractivity contribution in [3.8, 4) is 5.75 Å². The maximum Gasteiger partial charge on any atom is 0.414 e. The van der Waals surface area contributed by atoms with Crippen molar-refractivity contribution in [1.29, 1.82) is 0 Å². The fourth-order valence-corrected chi connectivity index (χ4v) is 4.06. The van der Waals surface area contributed by atoms with Gasteiger partial charge in [-0.05, 0) is 25.0 Å². The normalized spacial score (nSPS) is 24.8. The first-order valence-electron chi connectivity index (χ1n) is 11.8. The maximum atomic E-state index is 12.2. The molecular weight excluding hydrogens is 412 g/mol. The standard InChI is InChI=1S/C16H20N2O6.C6H12.C2H6/c19-13-9-22-10-16(17-13)7-4-8-18(14(16)20)15(21)24-11-23-12-5-2-1-3-6-12;1-2-4-6-5-3-1;1-2/h1-3,5-6,14,20H,4,7-11H2,(H,17,19);1-6H2;1-2H3. The predicted molar refractivity (Wildman–Crippen MR) is 121 cm³/mol. The SMILES string of the molecule is C1CCCCC1.CC.O=C1COCC2(CCCN(C(=O)OCOc3ccccc3)C2O)N1. The molecule has 180 valence electrons. The molecule has 8 heteroatoms. The number of nitrogens with one attached hydrogen (secondary N) is 1. The van der Waals surface area contributed by atoms with Crippen LogP contribution in [0.25, 0.3) is 0 Å². The van der Waals surface area contributed by atoms with Crippen molar-refractivity contribution in [3.63, 3.8) is 0 Å². The van der Waals surface area contributed by atoms with E-state index in [0.29, 0.717) is 25.1 Å². The molecule has 2 unspecified atom stereocenters. The Bertz CT molecular complexity index is 667. The molecule has 3 fully saturated rings. The van der Waals surface area contributed by atoms with Crippen LogP contribution in [0.15, 0.2) is 30.3 Å². The van der Waals surface area contributed by atoms with Crippen molar-refractivity contribution < 1.29 is 28.9 Å². The number of carbonyl (C=O) groups excluding carboxylic acids is 2. The van der Waals surface area contributed by atoms with Crippen molar-refractivity contribution in [3.05, 3.63) is 30.3 Å². The van der Waals surface area contributed by atoms with E-state index in [4.69, 9.17) is 14.2 Å². The van der Waals surface area contributed by atoms with Crippen LogP contribution in [-0.2, 0) is 14.3 Å². The molecule has 2 heterocycles. The van der Waals surface area contributed by atoms with Crippen LogP contribution in [0.3, 0.4) is 0 Å². The van der Waals surface area contributed by atoms with Gasteiger partial charge in [-0.1, -0.05) is 70.6 Å². The lowest BCUT2D eigenvalue weighted by Crippen LogP contribution is -2.70. The van der Waals surface area contributed by atoms with E-state index in [9.17, 15) is 14.7 Å². The summed E-state index contributed by atoms with van der Waals surface area (Å²) in [7, 11) is 0. The summed E-state index contributed by atoms with van der Waals surface area (Å²) in [5.41, 5.74) is -0.979.